The van der Waals surface area contributed by atoms with E-state index in [1.54, 1.807) is 0 Å². The molecule has 1 atom stereocenters. The third-order valence-electron chi connectivity index (χ3n) is 3.76. The predicted molar refractivity (Wildman–Crippen MR) is 79.8 cm³/mol. The molecule has 1 saturated heterocycles. The zero-order valence-corrected chi connectivity index (χ0v) is 12.9. The number of piperazine rings is 1. The molecule has 1 aliphatic heterocycles. The largest absolute Gasteiger partial charge is 0.314 e. The van der Waals surface area contributed by atoms with Gasteiger partial charge in [-0.15, -0.1) is 0 Å². The fraction of sp³-hybridized carbons (Fsp3) is 0.933. The van der Waals surface area contributed by atoms with Gasteiger partial charge in [0, 0.05) is 32.7 Å². The van der Waals surface area contributed by atoms with E-state index in [0.717, 1.165) is 31.7 Å². The number of unbranched alkanes of at least 4 members (excludes halogenated alkanes) is 1. The van der Waals surface area contributed by atoms with Gasteiger partial charge in [-0.1, -0.05) is 13.8 Å². The van der Waals surface area contributed by atoms with E-state index in [4.69, 9.17) is 11.0 Å². The summed E-state index contributed by atoms with van der Waals surface area (Å²) in [6, 6.07) is 2.16. The van der Waals surface area contributed by atoms with Crippen molar-refractivity contribution in [3.05, 3.63) is 0 Å². The van der Waals surface area contributed by atoms with Gasteiger partial charge in [0.05, 0.1) is 6.07 Å². The first-order valence-corrected chi connectivity index (χ1v) is 7.58. The van der Waals surface area contributed by atoms with E-state index in [0.29, 0.717) is 0 Å². The molecule has 0 saturated carbocycles. The van der Waals surface area contributed by atoms with Crippen LogP contribution in [0.3, 0.4) is 0 Å². The molecule has 1 rings (SSSR count). The van der Waals surface area contributed by atoms with Crippen LogP contribution in [0, 0.1) is 17.2 Å². The van der Waals surface area contributed by atoms with Crippen LogP contribution < -0.4 is 5.73 Å². The fourth-order valence-electron chi connectivity index (χ4n) is 2.60. The van der Waals surface area contributed by atoms with E-state index >= 15 is 0 Å². The topological polar surface area (TPSA) is 56.3 Å². The molecule has 0 bridgehead atoms. The summed E-state index contributed by atoms with van der Waals surface area (Å²) < 4.78 is 0. The maximum absolute atomic E-state index is 8.85. The Morgan fingerprint density at radius 1 is 1.16 bits per heavy atom. The second-order valence-electron chi connectivity index (χ2n) is 6.52. The molecule has 0 radical (unpaired) electrons. The summed E-state index contributed by atoms with van der Waals surface area (Å²) in [5, 5.41) is 8.85. The number of nitrogens with zero attached hydrogens (tertiary/aromatic N) is 3. The van der Waals surface area contributed by atoms with Gasteiger partial charge in [-0.25, -0.2) is 0 Å². The van der Waals surface area contributed by atoms with Crippen molar-refractivity contribution < 1.29 is 0 Å². The Hall–Kier alpha value is -0.630. The second-order valence-corrected chi connectivity index (χ2v) is 6.52. The van der Waals surface area contributed by atoms with E-state index in [1.165, 1.54) is 32.7 Å². The van der Waals surface area contributed by atoms with Crippen molar-refractivity contribution in [3.63, 3.8) is 0 Å². The van der Waals surface area contributed by atoms with Crippen LogP contribution in [0.5, 0.6) is 0 Å². The molecule has 0 aromatic rings. The molecule has 1 fully saturated rings. The highest BCUT2D eigenvalue weighted by Crippen LogP contribution is 2.11. The van der Waals surface area contributed by atoms with Gasteiger partial charge < -0.3 is 15.5 Å². The quantitative estimate of drug-likeness (QED) is 0.712. The summed E-state index contributed by atoms with van der Waals surface area (Å²) in [6.45, 7) is 13.5. The summed E-state index contributed by atoms with van der Waals surface area (Å²) >= 11 is 0. The summed E-state index contributed by atoms with van der Waals surface area (Å²) in [5.41, 5.74) is 5.18. The van der Waals surface area contributed by atoms with Crippen molar-refractivity contribution in [1.29, 1.82) is 5.26 Å². The Kier molecular flexibility index (Phi) is 6.78. The van der Waals surface area contributed by atoms with Crippen LogP contribution in [0.2, 0.25) is 0 Å². The number of nitrogens with two attached hydrogens (primary N) is 1. The minimum absolute atomic E-state index is 0.643. The average Bonchev–Trinajstić information content (AvgIpc) is 2.36. The van der Waals surface area contributed by atoms with E-state index in [1.807, 2.05) is 6.92 Å². The highest BCUT2D eigenvalue weighted by molar-refractivity contribution is 5.00. The molecular formula is C15H30N4. The van der Waals surface area contributed by atoms with Gasteiger partial charge in [0.1, 0.15) is 5.54 Å². The Labute approximate surface area is 118 Å². The lowest BCUT2D eigenvalue weighted by Gasteiger charge is -2.35. The van der Waals surface area contributed by atoms with Gasteiger partial charge in [-0.2, -0.15) is 5.26 Å². The third kappa shape index (κ3) is 6.91. The monoisotopic (exact) mass is 266 g/mol. The smallest absolute Gasteiger partial charge is 0.101 e. The molecule has 1 unspecified atom stereocenters. The summed E-state index contributed by atoms with van der Waals surface area (Å²) in [5.74, 6) is 0.764. The lowest BCUT2D eigenvalue weighted by atomic mass is 9.98. The Morgan fingerprint density at radius 2 is 1.74 bits per heavy atom. The first kappa shape index (κ1) is 16.4. The SMILES string of the molecule is CC(C)CN1CCN(CCCCC(C)(N)C#N)CC1. The van der Waals surface area contributed by atoms with Gasteiger partial charge >= 0.3 is 0 Å². The molecule has 110 valence electrons. The van der Waals surface area contributed by atoms with E-state index < -0.39 is 5.54 Å². The van der Waals surface area contributed by atoms with Crippen LogP contribution in [0.15, 0.2) is 0 Å². The van der Waals surface area contributed by atoms with Gasteiger partial charge in [0.2, 0.25) is 0 Å². The molecule has 0 amide bonds. The van der Waals surface area contributed by atoms with Crippen LogP contribution >= 0.6 is 0 Å². The maximum Gasteiger partial charge on any atom is 0.101 e. The minimum Gasteiger partial charge on any atom is -0.314 e. The number of hydrogen-bond donors (Lipinski definition) is 1. The minimum atomic E-state index is -0.643. The van der Waals surface area contributed by atoms with Crippen molar-refractivity contribution in [1.82, 2.24) is 9.80 Å². The molecule has 1 heterocycles. The zero-order chi connectivity index (χ0) is 14.3. The summed E-state index contributed by atoms with van der Waals surface area (Å²) in [4.78, 5) is 5.10. The molecule has 1 aliphatic rings. The normalized spacial score (nSPS) is 21.3. The van der Waals surface area contributed by atoms with E-state index in [-0.39, 0.29) is 0 Å². The van der Waals surface area contributed by atoms with Crippen molar-refractivity contribution in [3.8, 4) is 6.07 Å². The number of hydrogen-bond acceptors (Lipinski definition) is 4. The number of nitriles is 1. The van der Waals surface area contributed by atoms with Crippen LogP contribution in [0.25, 0.3) is 0 Å². The number of rotatable bonds is 7. The van der Waals surface area contributed by atoms with Gasteiger partial charge in [-0.3, -0.25) is 0 Å². The summed E-state index contributed by atoms with van der Waals surface area (Å²) in [7, 11) is 0. The Morgan fingerprint density at radius 3 is 2.26 bits per heavy atom. The maximum atomic E-state index is 8.85. The standard InChI is InChI=1S/C15H30N4/c1-14(2)12-19-10-8-18(9-11-19)7-5-4-6-15(3,17)13-16/h14H,4-12,17H2,1-3H3. The Balaban J connectivity index is 2.09. The molecule has 4 nitrogen and oxygen atoms in total. The molecular weight excluding hydrogens is 236 g/mol. The second kappa shape index (κ2) is 7.84. The van der Waals surface area contributed by atoms with Gasteiger partial charge in [-0.05, 0) is 38.6 Å². The van der Waals surface area contributed by atoms with Crippen molar-refractivity contribution in [2.45, 2.75) is 45.6 Å². The first-order chi connectivity index (χ1) is 8.93. The molecule has 2 N–H and O–H groups in total. The van der Waals surface area contributed by atoms with Crippen molar-refractivity contribution in [2.75, 3.05) is 39.3 Å². The van der Waals surface area contributed by atoms with Gasteiger partial charge in [0.15, 0.2) is 0 Å². The van der Waals surface area contributed by atoms with Crippen LogP contribution in [0.1, 0.15) is 40.0 Å². The molecule has 0 aliphatic carbocycles. The molecule has 4 heteroatoms. The molecule has 0 aromatic heterocycles. The van der Waals surface area contributed by atoms with Crippen molar-refractivity contribution in [2.24, 2.45) is 11.7 Å². The van der Waals surface area contributed by atoms with Crippen molar-refractivity contribution >= 4 is 0 Å². The lowest BCUT2D eigenvalue weighted by Crippen LogP contribution is -2.47. The average molecular weight is 266 g/mol. The summed E-state index contributed by atoms with van der Waals surface area (Å²) in [6.07, 6.45) is 3.00. The van der Waals surface area contributed by atoms with Crippen LogP contribution in [-0.2, 0) is 0 Å². The van der Waals surface area contributed by atoms with Gasteiger partial charge in [0.25, 0.3) is 0 Å². The van der Waals surface area contributed by atoms with Crippen LogP contribution in [-0.4, -0.2) is 54.6 Å². The fourth-order valence-corrected chi connectivity index (χ4v) is 2.60. The van der Waals surface area contributed by atoms with E-state index in [2.05, 4.69) is 29.7 Å². The van der Waals surface area contributed by atoms with Crippen LogP contribution in [0.4, 0.5) is 0 Å². The van der Waals surface area contributed by atoms with E-state index in [9.17, 15) is 0 Å². The molecule has 19 heavy (non-hydrogen) atoms. The lowest BCUT2D eigenvalue weighted by molar-refractivity contribution is 0.120. The highest BCUT2D eigenvalue weighted by atomic mass is 15.3. The zero-order valence-electron chi connectivity index (χ0n) is 12.9. The predicted octanol–water partition coefficient (Wildman–Crippen LogP) is 1.67. The first-order valence-electron chi connectivity index (χ1n) is 7.58. The molecule has 0 spiro atoms. The highest BCUT2D eigenvalue weighted by Gasteiger charge is 2.18. The Bertz CT molecular complexity index is 285. The molecule has 0 aromatic carbocycles. The third-order valence-corrected chi connectivity index (χ3v) is 3.76.